The number of aromatic hydroxyl groups is 1. The molecule has 0 atom stereocenters. The van der Waals surface area contributed by atoms with E-state index in [9.17, 15) is 5.11 Å². The topological polar surface area (TPSA) is 23.5 Å². The highest BCUT2D eigenvalue weighted by molar-refractivity contribution is 5.54. The van der Waals surface area contributed by atoms with Crippen molar-refractivity contribution < 1.29 is 5.11 Å². The summed E-state index contributed by atoms with van der Waals surface area (Å²) in [7, 11) is 0. The Hall–Kier alpha value is -1.70. The molecule has 1 aliphatic heterocycles. The number of benzene rings is 1. The normalized spacial score (nSPS) is 14.9. The summed E-state index contributed by atoms with van der Waals surface area (Å²) >= 11 is 0. The third kappa shape index (κ3) is 1.72. The summed E-state index contributed by atoms with van der Waals surface area (Å²) < 4.78 is 0. The Kier molecular flexibility index (Phi) is 2.04. The molecule has 0 saturated carbocycles. The van der Waals surface area contributed by atoms with Gasteiger partial charge in [0.2, 0.25) is 0 Å². The maximum absolute atomic E-state index is 9.27. The average Bonchev–Trinajstić information content (AvgIpc) is 2.19. The molecule has 0 saturated heterocycles. The minimum Gasteiger partial charge on any atom is -0.508 e. The van der Waals surface area contributed by atoms with Gasteiger partial charge in [0.15, 0.2) is 0 Å². The van der Waals surface area contributed by atoms with Crippen LogP contribution < -0.4 is 4.90 Å². The molecule has 1 N–H and O–H groups in total. The van der Waals surface area contributed by atoms with E-state index in [1.807, 2.05) is 30.5 Å². The zero-order valence-electron chi connectivity index (χ0n) is 7.22. The van der Waals surface area contributed by atoms with Crippen molar-refractivity contribution in [3.05, 3.63) is 48.7 Å². The molecule has 0 bridgehead atoms. The molecule has 2 nitrogen and oxygen atoms in total. The van der Waals surface area contributed by atoms with Crippen LogP contribution in [0.2, 0.25) is 0 Å². The maximum Gasteiger partial charge on any atom is 0.117 e. The Labute approximate surface area is 77.4 Å². The predicted molar refractivity (Wildman–Crippen MR) is 53.7 cm³/mol. The molecule has 2 rings (SSSR count). The molecule has 0 aliphatic carbocycles. The molecule has 1 aliphatic rings. The van der Waals surface area contributed by atoms with Crippen molar-refractivity contribution in [1.82, 2.24) is 0 Å². The number of allylic oxidation sites excluding steroid dienone is 2. The van der Waals surface area contributed by atoms with E-state index in [4.69, 9.17) is 0 Å². The largest absolute Gasteiger partial charge is 0.508 e. The van der Waals surface area contributed by atoms with Gasteiger partial charge < -0.3 is 10.0 Å². The zero-order valence-corrected chi connectivity index (χ0v) is 7.22. The van der Waals surface area contributed by atoms with Gasteiger partial charge in [0.1, 0.15) is 5.75 Å². The molecule has 0 unspecified atom stereocenters. The molecular formula is C11H11NO. The lowest BCUT2D eigenvalue weighted by molar-refractivity contribution is 0.475. The van der Waals surface area contributed by atoms with Crippen LogP contribution in [0.15, 0.2) is 48.7 Å². The maximum atomic E-state index is 9.27. The van der Waals surface area contributed by atoms with Gasteiger partial charge in [0.25, 0.3) is 0 Å². The van der Waals surface area contributed by atoms with Crippen LogP contribution in [-0.4, -0.2) is 11.7 Å². The van der Waals surface area contributed by atoms with Gasteiger partial charge >= 0.3 is 0 Å². The first-order valence-corrected chi connectivity index (χ1v) is 4.25. The molecule has 1 aromatic rings. The minimum absolute atomic E-state index is 0.306. The van der Waals surface area contributed by atoms with Crippen LogP contribution >= 0.6 is 0 Å². The summed E-state index contributed by atoms with van der Waals surface area (Å²) in [5, 5.41) is 9.27. The monoisotopic (exact) mass is 173 g/mol. The molecule has 2 heteroatoms. The molecule has 0 spiro atoms. The number of rotatable bonds is 1. The summed E-state index contributed by atoms with van der Waals surface area (Å²) in [6, 6.07) is 7.25. The van der Waals surface area contributed by atoms with Crippen LogP contribution in [0.5, 0.6) is 5.75 Å². The van der Waals surface area contributed by atoms with Crippen molar-refractivity contribution in [2.75, 3.05) is 11.4 Å². The number of hydrogen-bond acceptors (Lipinski definition) is 2. The van der Waals surface area contributed by atoms with E-state index in [0.717, 1.165) is 12.2 Å². The van der Waals surface area contributed by atoms with Crippen molar-refractivity contribution in [2.24, 2.45) is 0 Å². The molecular weight excluding hydrogens is 162 g/mol. The second-order valence-electron chi connectivity index (χ2n) is 2.94. The molecule has 66 valence electrons. The number of hydrogen-bond donors (Lipinski definition) is 1. The van der Waals surface area contributed by atoms with Crippen molar-refractivity contribution >= 4 is 5.69 Å². The van der Waals surface area contributed by atoms with Gasteiger partial charge in [-0.05, 0) is 18.2 Å². The molecule has 0 fully saturated rings. The van der Waals surface area contributed by atoms with Crippen molar-refractivity contribution in [3.63, 3.8) is 0 Å². The van der Waals surface area contributed by atoms with E-state index in [-0.39, 0.29) is 0 Å². The number of phenolic OH excluding ortho intramolecular Hbond substituents is 1. The van der Waals surface area contributed by atoms with Gasteiger partial charge in [-0.15, -0.1) is 0 Å². The van der Waals surface area contributed by atoms with Gasteiger partial charge in [0.05, 0.1) is 0 Å². The molecule has 0 aromatic heterocycles. The quantitative estimate of drug-likeness (QED) is 0.704. The van der Waals surface area contributed by atoms with E-state index < -0.39 is 0 Å². The molecule has 13 heavy (non-hydrogen) atoms. The van der Waals surface area contributed by atoms with E-state index in [2.05, 4.69) is 11.0 Å². The second kappa shape index (κ2) is 3.35. The fraction of sp³-hybridized carbons (Fsp3) is 0.0909. The Balaban J connectivity index is 2.25. The predicted octanol–water partition coefficient (Wildman–Crippen LogP) is 2.28. The Morgan fingerprint density at radius 2 is 2.15 bits per heavy atom. The van der Waals surface area contributed by atoms with Crippen LogP contribution in [-0.2, 0) is 0 Å². The first-order valence-electron chi connectivity index (χ1n) is 4.25. The lowest BCUT2D eigenvalue weighted by atomic mass is 10.2. The lowest BCUT2D eigenvalue weighted by Gasteiger charge is -2.20. The highest BCUT2D eigenvalue weighted by Gasteiger charge is 2.02. The first-order chi connectivity index (χ1) is 6.36. The van der Waals surface area contributed by atoms with Gasteiger partial charge in [-0.25, -0.2) is 0 Å². The molecule has 1 aromatic carbocycles. The third-order valence-electron chi connectivity index (χ3n) is 1.98. The number of anilines is 1. The summed E-state index contributed by atoms with van der Waals surface area (Å²) in [5.41, 5.74) is 1.01. The first kappa shape index (κ1) is 7.92. The Bertz CT molecular complexity index is 355. The van der Waals surface area contributed by atoms with E-state index in [1.165, 1.54) is 0 Å². The van der Waals surface area contributed by atoms with Crippen LogP contribution in [0.1, 0.15) is 0 Å². The van der Waals surface area contributed by atoms with Gasteiger partial charge in [0, 0.05) is 24.5 Å². The van der Waals surface area contributed by atoms with E-state index in [1.54, 1.807) is 12.1 Å². The van der Waals surface area contributed by atoms with E-state index in [0.29, 0.717) is 5.75 Å². The SMILES string of the molecule is Oc1cccc(N2C=CC=CC2)c1. The van der Waals surface area contributed by atoms with Gasteiger partial charge in [-0.1, -0.05) is 18.2 Å². The molecule has 0 radical (unpaired) electrons. The lowest BCUT2D eigenvalue weighted by Crippen LogP contribution is -2.16. The smallest absolute Gasteiger partial charge is 0.117 e. The molecule has 0 amide bonds. The standard InChI is InChI=1S/C11H11NO/c13-11-6-4-5-10(9-11)12-7-2-1-3-8-12/h1-7,9,13H,8H2. The van der Waals surface area contributed by atoms with Gasteiger partial charge in [-0.3, -0.25) is 0 Å². The minimum atomic E-state index is 0.306. The van der Waals surface area contributed by atoms with Crippen molar-refractivity contribution in [3.8, 4) is 5.75 Å². The fourth-order valence-electron chi connectivity index (χ4n) is 1.33. The summed E-state index contributed by atoms with van der Waals surface area (Å²) in [6.45, 7) is 0.861. The number of phenols is 1. The summed E-state index contributed by atoms with van der Waals surface area (Å²) in [5.74, 6) is 0.306. The summed E-state index contributed by atoms with van der Waals surface area (Å²) in [4.78, 5) is 2.07. The Morgan fingerprint density at radius 3 is 2.85 bits per heavy atom. The third-order valence-corrected chi connectivity index (χ3v) is 1.98. The van der Waals surface area contributed by atoms with Crippen LogP contribution in [0.3, 0.4) is 0 Å². The van der Waals surface area contributed by atoms with Crippen molar-refractivity contribution in [1.29, 1.82) is 0 Å². The zero-order chi connectivity index (χ0) is 9.10. The van der Waals surface area contributed by atoms with E-state index >= 15 is 0 Å². The highest BCUT2D eigenvalue weighted by Crippen LogP contribution is 2.21. The van der Waals surface area contributed by atoms with Crippen LogP contribution in [0, 0.1) is 0 Å². The number of nitrogens with zero attached hydrogens (tertiary/aromatic N) is 1. The van der Waals surface area contributed by atoms with Crippen LogP contribution in [0.4, 0.5) is 5.69 Å². The highest BCUT2D eigenvalue weighted by atomic mass is 16.3. The average molecular weight is 173 g/mol. The van der Waals surface area contributed by atoms with Gasteiger partial charge in [-0.2, -0.15) is 0 Å². The Morgan fingerprint density at radius 1 is 1.23 bits per heavy atom. The van der Waals surface area contributed by atoms with Crippen LogP contribution in [0.25, 0.3) is 0 Å². The second-order valence-corrected chi connectivity index (χ2v) is 2.94. The fourth-order valence-corrected chi connectivity index (χ4v) is 1.33. The molecule has 1 heterocycles. The summed E-state index contributed by atoms with van der Waals surface area (Å²) in [6.07, 6.45) is 8.06. The van der Waals surface area contributed by atoms with Crippen molar-refractivity contribution in [2.45, 2.75) is 0 Å².